The fourth-order valence-electron chi connectivity index (χ4n) is 2.14. The Hall–Kier alpha value is -1.06. The van der Waals surface area contributed by atoms with Gasteiger partial charge in [-0.25, -0.2) is 0 Å². The van der Waals surface area contributed by atoms with Crippen LogP contribution >= 0.6 is 11.6 Å². The molecule has 1 aliphatic rings. The molecule has 4 heteroatoms. The Morgan fingerprint density at radius 3 is 3.06 bits per heavy atom. The predicted molar refractivity (Wildman–Crippen MR) is 69.2 cm³/mol. The van der Waals surface area contributed by atoms with Gasteiger partial charge in [0.2, 0.25) is 5.91 Å². The minimum atomic E-state index is -0.102. The standard InChI is InChI=1S/C13H17ClN2O/c1-13(5-6-15-9-13)16-12(17)8-10-3-2-4-11(14)7-10/h2-4,7,15H,5-6,8-9H2,1H3,(H,16,17). The lowest BCUT2D eigenvalue weighted by Gasteiger charge is -2.24. The molecule has 1 fully saturated rings. The van der Waals surface area contributed by atoms with Gasteiger partial charge in [0.05, 0.1) is 12.0 Å². The summed E-state index contributed by atoms with van der Waals surface area (Å²) >= 11 is 5.88. The first-order valence-electron chi connectivity index (χ1n) is 5.84. The van der Waals surface area contributed by atoms with Gasteiger partial charge in [-0.05, 0) is 37.6 Å². The highest BCUT2D eigenvalue weighted by atomic mass is 35.5. The number of amides is 1. The van der Waals surface area contributed by atoms with E-state index in [1.165, 1.54) is 0 Å². The van der Waals surface area contributed by atoms with Crippen LogP contribution in [0.3, 0.4) is 0 Å². The van der Waals surface area contributed by atoms with Gasteiger partial charge in [-0.15, -0.1) is 0 Å². The summed E-state index contributed by atoms with van der Waals surface area (Å²) in [6.07, 6.45) is 1.37. The Kier molecular flexibility index (Phi) is 3.69. The molecule has 0 radical (unpaired) electrons. The smallest absolute Gasteiger partial charge is 0.224 e. The van der Waals surface area contributed by atoms with E-state index >= 15 is 0 Å². The van der Waals surface area contributed by atoms with Crippen molar-refractivity contribution in [3.8, 4) is 0 Å². The van der Waals surface area contributed by atoms with E-state index in [0.29, 0.717) is 11.4 Å². The zero-order chi connectivity index (χ0) is 12.3. The quantitative estimate of drug-likeness (QED) is 0.861. The maximum atomic E-state index is 11.9. The number of hydrogen-bond acceptors (Lipinski definition) is 2. The average Bonchev–Trinajstić information content (AvgIpc) is 2.64. The fourth-order valence-corrected chi connectivity index (χ4v) is 2.35. The lowest BCUT2D eigenvalue weighted by molar-refractivity contribution is -0.122. The Bertz CT molecular complexity index is 414. The van der Waals surface area contributed by atoms with E-state index in [2.05, 4.69) is 17.6 Å². The summed E-state index contributed by atoms with van der Waals surface area (Å²) in [6.45, 7) is 3.88. The molecule has 1 aromatic rings. The van der Waals surface area contributed by atoms with Gasteiger partial charge in [-0.3, -0.25) is 4.79 Å². The third-order valence-electron chi connectivity index (χ3n) is 3.06. The molecule has 0 aromatic heterocycles. The van der Waals surface area contributed by atoms with Crippen molar-refractivity contribution in [2.75, 3.05) is 13.1 Å². The van der Waals surface area contributed by atoms with Crippen LogP contribution in [0.1, 0.15) is 18.9 Å². The SMILES string of the molecule is CC1(NC(=O)Cc2cccc(Cl)c2)CCNC1. The van der Waals surface area contributed by atoms with Gasteiger partial charge in [0.15, 0.2) is 0 Å². The van der Waals surface area contributed by atoms with E-state index in [9.17, 15) is 4.79 Å². The lowest BCUT2D eigenvalue weighted by atomic mass is 10.0. The molecule has 1 atom stereocenters. The number of hydrogen-bond donors (Lipinski definition) is 2. The van der Waals surface area contributed by atoms with Crippen molar-refractivity contribution in [1.82, 2.24) is 10.6 Å². The monoisotopic (exact) mass is 252 g/mol. The van der Waals surface area contributed by atoms with Gasteiger partial charge in [0, 0.05) is 11.6 Å². The third-order valence-corrected chi connectivity index (χ3v) is 3.30. The van der Waals surface area contributed by atoms with Crippen LogP contribution in [0.5, 0.6) is 0 Å². The number of nitrogens with one attached hydrogen (secondary N) is 2. The molecule has 1 aliphatic heterocycles. The Balaban J connectivity index is 1.93. The van der Waals surface area contributed by atoms with Crippen LogP contribution in [0.4, 0.5) is 0 Å². The summed E-state index contributed by atoms with van der Waals surface area (Å²) in [7, 11) is 0. The summed E-state index contributed by atoms with van der Waals surface area (Å²) in [5.41, 5.74) is 0.847. The van der Waals surface area contributed by atoms with Crippen molar-refractivity contribution < 1.29 is 4.79 Å². The molecule has 0 bridgehead atoms. The average molecular weight is 253 g/mol. The maximum Gasteiger partial charge on any atom is 0.224 e. The van der Waals surface area contributed by atoms with Crippen LogP contribution in [0.2, 0.25) is 5.02 Å². The molecule has 2 N–H and O–H groups in total. The van der Waals surface area contributed by atoms with Gasteiger partial charge in [-0.1, -0.05) is 23.7 Å². The lowest BCUT2D eigenvalue weighted by Crippen LogP contribution is -2.48. The molecule has 92 valence electrons. The molecule has 1 heterocycles. The van der Waals surface area contributed by atoms with Crippen molar-refractivity contribution in [2.24, 2.45) is 0 Å². The number of carbonyl (C=O) groups is 1. The highest BCUT2D eigenvalue weighted by Crippen LogP contribution is 2.15. The van der Waals surface area contributed by atoms with E-state index < -0.39 is 0 Å². The van der Waals surface area contributed by atoms with Crippen molar-refractivity contribution in [3.05, 3.63) is 34.9 Å². The maximum absolute atomic E-state index is 11.9. The van der Waals surface area contributed by atoms with Crippen molar-refractivity contribution in [2.45, 2.75) is 25.3 Å². The van der Waals surface area contributed by atoms with Crippen LogP contribution < -0.4 is 10.6 Å². The molecule has 1 unspecified atom stereocenters. The minimum absolute atomic E-state index is 0.0541. The number of benzene rings is 1. The number of rotatable bonds is 3. The molecule has 17 heavy (non-hydrogen) atoms. The largest absolute Gasteiger partial charge is 0.349 e. The molecule has 1 aromatic carbocycles. The van der Waals surface area contributed by atoms with E-state index in [-0.39, 0.29) is 11.4 Å². The van der Waals surface area contributed by atoms with Crippen LogP contribution in [0.15, 0.2) is 24.3 Å². The Morgan fingerprint density at radius 1 is 1.59 bits per heavy atom. The zero-order valence-electron chi connectivity index (χ0n) is 9.92. The fraction of sp³-hybridized carbons (Fsp3) is 0.462. The van der Waals surface area contributed by atoms with E-state index in [4.69, 9.17) is 11.6 Å². The summed E-state index contributed by atoms with van der Waals surface area (Å²) in [5, 5.41) is 7.00. The van der Waals surface area contributed by atoms with Crippen LogP contribution in [0.25, 0.3) is 0 Å². The van der Waals surface area contributed by atoms with E-state index in [1.807, 2.05) is 24.3 Å². The molecule has 0 saturated carbocycles. The highest BCUT2D eigenvalue weighted by Gasteiger charge is 2.29. The van der Waals surface area contributed by atoms with Crippen molar-refractivity contribution in [1.29, 1.82) is 0 Å². The molecule has 1 amide bonds. The van der Waals surface area contributed by atoms with Crippen LogP contribution in [0, 0.1) is 0 Å². The van der Waals surface area contributed by atoms with Crippen LogP contribution in [-0.4, -0.2) is 24.5 Å². The van der Waals surface area contributed by atoms with Gasteiger partial charge in [0.1, 0.15) is 0 Å². The Morgan fingerprint density at radius 2 is 2.41 bits per heavy atom. The predicted octanol–water partition coefficient (Wildman–Crippen LogP) is 1.75. The summed E-state index contributed by atoms with van der Waals surface area (Å²) in [4.78, 5) is 11.9. The molecule has 0 spiro atoms. The second-order valence-electron chi connectivity index (χ2n) is 4.84. The second kappa shape index (κ2) is 5.07. The number of carbonyl (C=O) groups excluding carboxylic acids is 1. The topological polar surface area (TPSA) is 41.1 Å². The highest BCUT2D eigenvalue weighted by molar-refractivity contribution is 6.30. The molecule has 3 nitrogen and oxygen atoms in total. The molecule has 2 rings (SSSR count). The van der Waals surface area contributed by atoms with Crippen molar-refractivity contribution in [3.63, 3.8) is 0 Å². The first-order valence-corrected chi connectivity index (χ1v) is 6.21. The van der Waals surface area contributed by atoms with Gasteiger partial charge < -0.3 is 10.6 Å². The van der Waals surface area contributed by atoms with E-state index in [1.54, 1.807) is 0 Å². The molecule has 0 aliphatic carbocycles. The van der Waals surface area contributed by atoms with Gasteiger partial charge in [0.25, 0.3) is 0 Å². The molecule has 1 saturated heterocycles. The van der Waals surface area contributed by atoms with E-state index in [0.717, 1.165) is 25.1 Å². The zero-order valence-corrected chi connectivity index (χ0v) is 10.7. The first-order chi connectivity index (χ1) is 8.07. The summed E-state index contributed by atoms with van der Waals surface area (Å²) < 4.78 is 0. The van der Waals surface area contributed by atoms with Crippen LogP contribution in [-0.2, 0) is 11.2 Å². The van der Waals surface area contributed by atoms with Gasteiger partial charge >= 0.3 is 0 Å². The summed E-state index contributed by atoms with van der Waals surface area (Å²) in [5.74, 6) is 0.0541. The minimum Gasteiger partial charge on any atom is -0.349 e. The van der Waals surface area contributed by atoms with Crippen molar-refractivity contribution >= 4 is 17.5 Å². The second-order valence-corrected chi connectivity index (χ2v) is 5.28. The Labute approximate surface area is 107 Å². The number of halogens is 1. The molecular weight excluding hydrogens is 236 g/mol. The first kappa shape index (κ1) is 12.4. The normalized spacial score (nSPS) is 23.6. The molecular formula is C13H17ClN2O. The van der Waals surface area contributed by atoms with Gasteiger partial charge in [-0.2, -0.15) is 0 Å². The third kappa shape index (κ3) is 3.45. The summed E-state index contributed by atoms with van der Waals surface area (Å²) in [6, 6.07) is 7.42.